The highest BCUT2D eigenvalue weighted by Gasteiger charge is 2.25. The number of anilines is 1. The average molecular weight is 435 g/mol. The summed E-state index contributed by atoms with van der Waals surface area (Å²) in [6.07, 6.45) is 2.77. The van der Waals surface area contributed by atoms with Crippen molar-refractivity contribution in [3.63, 3.8) is 0 Å². The quantitative estimate of drug-likeness (QED) is 0.573. The molecule has 7 heteroatoms. The van der Waals surface area contributed by atoms with Crippen molar-refractivity contribution >= 4 is 17.7 Å². The van der Waals surface area contributed by atoms with Crippen LogP contribution in [0.15, 0.2) is 73.1 Å². The summed E-state index contributed by atoms with van der Waals surface area (Å²) < 4.78 is 19.8. The van der Waals surface area contributed by atoms with Gasteiger partial charge in [0.15, 0.2) is 0 Å². The van der Waals surface area contributed by atoms with Crippen LogP contribution in [0.1, 0.15) is 26.3 Å². The van der Waals surface area contributed by atoms with Crippen LogP contribution in [-0.2, 0) is 16.0 Å². The Morgan fingerprint density at radius 1 is 1.00 bits per heavy atom. The molecule has 1 atom stereocenters. The van der Waals surface area contributed by atoms with E-state index in [1.165, 1.54) is 6.07 Å². The van der Waals surface area contributed by atoms with Gasteiger partial charge in [-0.05, 0) is 61.7 Å². The van der Waals surface area contributed by atoms with Crippen molar-refractivity contribution in [2.75, 3.05) is 5.32 Å². The maximum absolute atomic E-state index is 14.5. The standard InChI is InChI=1S/C25H26FN3O3/c1-25(2,3)32-24(31)29-22(15-17-7-5-4-6-8-17)23(30)28-21-16-19(9-10-20(21)26)18-11-13-27-14-12-18/h4-14,16,22H,15H2,1-3H3,(H,28,30)(H,29,31). The number of benzene rings is 2. The van der Waals surface area contributed by atoms with E-state index in [0.717, 1.165) is 16.7 Å². The van der Waals surface area contributed by atoms with Crippen LogP contribution < -0.4 is 10.6 Å². The minimum atomic E-state index is -0.962. The van der Waals surface area contributed by atoms with Crippen LogP contribution in [0.5, 0.6) is 0 Å². The number of nitrogens with zero attached hydrogens (tertiary/aromatic N) is 1. The van der Waals surface area contributed by atoms with Crippen molar-refractivity contribution in [2.45, 2.75) is 38.8 Å². The second-order valence-corrected chi connectivity index (χ2v) is 8.31. The van der Waals surface area contributed by atoms with Gasteiger partial charge < -0.3 is 15.4 Å². The largest absolute Gasteiger partial charge is 0.444 e. The Balaban J connectivity index is 1.82. The van der Waals surface area contributed by atoms with Crippen molar-refractivity contribution in [1.82, 2.24) is 10.3 Å². The smallest absolute Gasteiger partial charge is 0.408 e. The lowest BCUT2D eigenvalue weighted by Crippen LogP contribution is -2.47. The Hall–Kier alpha value is -3.74. The van der Waals surface area contributed by atoms with Gasteiger partial charge in [-0.1, -0.05) is 36.4 Å². The third-order valence-electron chi connectivity index (χ3n) is 4.53. The molecule has 0 aliphatic carbocycles. The number of carbonyl (C=O) groups excluding carboxylic acids is 2. The number of pyridine rings is 1. The number of nitrogens with one attached hydrogen (secondary N) is 2. The molecule has 0 radical (unpaired) electrons. The molecule has 1 unspecified atom stereocenters. The number of rotatable bonds is 6. The number of ether oxygens (including phenoxy) is 1. The fourth-order valence-electron chi connectivity index (χ4n) is 3.07. The molecule has 2 aromatic carbocycles. The number of hydrogen-bond acceptors (Lipinski definition) is 4. The first-order valence-electron chi connectivity index (χ1n) is 10.3. The number of aromatic nitrogens is 1. The lowest BCUT2D eigenvalue weighted by Gasteiger charge is -2.23. The van der Waals surface area contributed by atoms with E-state index in [9.17, 15) is 14.0 Å². The van der Waals surface area contributed by atoms with Gasteiger partial charge in [-0.15, -0.1) is 0 Å². The summed E-state index contributed by atoms with van der Waals surface area (Å²) in [5.74, 6) is -1.13. The summed E-state index contributed by atoms with van der Waals surface area (Å²) in [6, 6.07) is 16.3. The van der Waals surface area contributed by atoms with Gasteiger partial charge in [0.1, 0.15) is 17.5 Å². The van der Waals surface area contributed by atoms with E-state index in [-0.39, 0.29) is 12.1 Å². The van der Waals surface area contributed by atoms with Crippen molar-refractivity contribution in [2.24, 2.45) is 0 Å². The molecule has 6 nitrogen and oxygen atoms in total. The minimum Gasteiger partial charge on any atom is -0.444 e. The molecule has 0 spiro atoms. The average Bonchev–Trinajstić information content (AvgIpc) is 2.75. The van der Waals surface area contributed by atoms with Gasteiger partial charge in [-0.2, -0.15) is 0 Å². The van der Waals surface area contributed by atoms with Gasteiger partial charge in [0.05, 0.1) is 5.69 Å². The molecular weight excluding hydrogens is 409 g/mol. The summed E-state index contributed by atoms with van der Waals surface area (Å²) in [7, 11) is 0. The highest BCUT2D eigenvalue weighted by atomic mass is 19.1. The summed E-state index contributed by atoms with van der Waals surface area (Å²) in [5, 5.41) is 5.21. The molecule has 0 bridgehead atoms. The predicted molar refractivity (Wildman–Crippen MR) is 122 cm³/mol. The lowest BCUT2D eigenvalue weighted by atomic mass is 10.0. The van der Waals surface area contributed by atoms with Crippen LogP contribution in [-0.4, -0.2) is 28.6 Å². The van der Waals surface area contributed by atoms with Gasteiger partial charge in [0.2, 0.25) is 5.91 Å². The fourth-order valence-corrected chi connectivity index (χ4v) is 3.07. The molecule has 0 saturated heterocycles. The summed E-state index contributed by atoms with van der Waals surface area (Å²) in [6.45, 7) is 5.20. The normalized spacial score (nSPS) is 12.0. The fraction of sp³-hybridized carbons (Fsp3) is 0.240. The summed E-state index contributed by atoms with van der Waals surface area (Å²) in [4.78, 5) is 29.4. The maximum Gasteiger partial charge on any atom is 0.408 e. The highest BCUT2D eigenvalue weighted by Crippen LogP contribution is 2.25. The summed E-state index contributed by atoms with van der Waals surface area (Å²) >= 11 is 0. The monoisotopic (exact) mass is 435 g/mol. The van der Waals surface area contributed by atoms with E-state index in [0.29, 0.717) is 0 Å². The topological polar surface area (TPSA) is 80.3 Å². The van der Waals surface area contributed by atoms with E-state index in [2.05, 4.69) is 15.6 Å². The first kappa shape index (κ1) is 22.9. The number of carbonyl (C=O) groups is 2. The van der Waals surface area contributed by atoms with Crippen LogP contribution >= 0.6 is 0 Å². The molecule has 1 heterocycles. The van der Waals surface area contributed by atoms with E-state index in [1.807, 2.05) is 30.3 Å². The first-order chi connectivity index (χ1) is 15.2. The van der Waals surface area contributed by atoms with E-state index >= 15 is 0 Å². The van der Waals surface area contributed by atoms with E-state index in [4.69, 9.17) is 4.74 Å². The molecule has 32 heavy (non-hydrogen) atoms. The van der Waals surface area contributed by atoms with Crippen LogP contribution in [0.2, 0.25) is 0 Å². The van der Waals surface area contributed by atoms with Crippen molar-refractivity contribution in [3.05, 3.63) is 84.4 Å². The maximum atomic E-state index is 14.5. The predicted octanol–water partition coefficient (Wildman–Crippen LogP) is 4.96. The molecule has 3 aromatic rings. The number of hydrogen-bond donors (Lipinski definition) is 2. The SMILES string of the molecule is CC(C)(C)OC(=O)NC(Cc1ccccc1)C(=O)Nc1cc(-c2ccncc2)ccc1F. The van der Waals surface area contributed by atoms with Crippen LogP contribution in [0.3, 0.4) is 0 Å². The molecule has 3 rings (SSSR count). The van der Waals surface area contributed by atoms with Crippen LogP contribution in [0, 0.1) is 5.82 Å². The molecule has 166 valence electrons. The third-order valence-corrected chi connectivity index (χ3v) is 4.53. The second kappa shape index (κ2) is 10.0. The van der Waals surface area contributed by atoms with Gasteiger partial charge in [-0.25, -0.2) is 9.18 Å². The van der Waals surface area contributed by atoms with Crippen molar-refractivity contribution < 1.29 is 18.7 Å². The lowest BCUT2D eigenvalue weighted by molar-refractivity contribution is -0.118. The van der Waals surface area contributed by atoms with Crippen LogP contribution in [0.25, 0.3) is 11.1 Å². The third kappa shape index (κ3) is 6.63. The second-order valence-electron chi connectivity index (χ2n) is 8.31. The van der Waals surface area contributed by atoms with Crippen LogP contribution in [0.4, 0.5) is 14.9 Å². The van der Waals surface area contributed by atoms with Gasteiger partial charge in [0, 0.05) is 18.8 Å². The molecule has 1 aromatic heterocycles. The Kier molecular flexibility index (Phi) is 7.20. The number of alkyl carbamates (subject to hydrolysis) is 1. The molecule has 0 saturated carbocycles. The zero-order chi connectivity index (χ0) is 23.1. The van der Waals surface area contributed by atoms with Crippen molar-refractivity contribution in [3.8, 4) is 11.1 Å². The number of amides is 2. The Morgan fingerprint density at radius 3 is 2.34 bits per heavy atom. The molecular formula is C25H26FN3O3. The zero-order valence-electron chi connectivity index (χ0n) is 18.3. The molecule has 0 aliphatic rings. The minimum absolute atomic E-state index is 0.0216. The van der Waals surface area contributed by atoms with Gasteiger partial charge in [-0.3, -0.25) is 9.78 Å². The summed E-state index contributed by atoms with van der Waals surface area (Å²) in [5.41, 5.74) is 1.71. The molecule has 2 N–H and O–H groups in total. The Labute approximate surface area is 186 Å². The molecule has 0 aliphatic heterocycles. The van der Waals surface area contributed by atoms with E-state index < -0.39 is 29.5 Å². The van der Waals surface area contributed by atoms with Gasteiger partial charge >= 0.3 is 6.09 Å². The molecule has 0 fully saturated rings. The number of halogens is 1. The Bertz CT molecular complexity index is 1070. The zero-order valence-corrected chi connectivity index (χ0v) is 18.3. The molecule has 2 amide bonds. The van der Waals surface area contributed by atoms with Crippen molar-refractivity contribution in [1.29, 1.82) is 0 Å². The highest BCUT2D eigenvalue weighted by molar-refractivity contribution is 5.97. The Morgan fingerprint density at radius 2 is 1.69 bits per heavy atom. The van der Waals surface area contributed by atoms with E-state index in [1.54, 1.807) is 57.4 Å². The van der Waals surface area contributed by atoms with Gasteiger partial charge in [0.25, 0.3) is 0 Å². The first-order valence-corrected chi connectivity index (χ1v) is 10.3.